The van der Waals surface area contributed by atoms with E-state index in [1.165, 1.54) is 0 Å². The van der Waals surface area contributed by atoms with Crippen molar-refractivity contribution < 1.29 is 4.79 Å². The molecule has 3 nitrogen and oxygen atoms in total. The lowest BCUT2D eigenvalue weighted by molar-refractivity contribution is 0.0936. The number of rotatable bonds is 4. The van der Waals surface area contributed by atoms with E-state index < -0.39 is 6.04 Å². The Bertz CT molecular complexity index is 560. The molecular formula is C15H18N2O. The molecule has 1 aromatic carbocycles. The van der Waals surface area contributed by atoms with Gasteiger partial charge in [0.1, 0.15) is 0 Å². The molecule has 0 spiro atoms. The second kappa shape index (κ2) is 5.27. The molecule has 3 heteroatoms. The van der Waals surface area contributed by atoms with Crippen LogP contribution in [0.25, 0.3) is 10.9 Å². The van der Waals surface area contributed by atoms with Gasteiger partial charge in [-0.3, -0.25) is 9.78 Å². The largest absolute Gasteiger partial charge is 0.321 e. The third-order valence-electron chi connectivity index (χ3n) is 3.46. The van der Waals surface area contributed by atoms with Gasteiger partial charge in [-0.2, -0.15) is 0 Å². The van der Waals surface area contributed by atoms with E-state index in [0.29, 0.717) is 5.56 Å². The summed E-state index contributed by atoms with van der Waals surface area (Å²) in [5.74, 6) is 0.158. The van der Waals surface area contributed by atoms with Gasteiger partial charge in [0.05, 0.1) is 11.6 Å². The van der Waals surface area contributed by atoms with Crippen LogP contribution in [0.2, 0.25) is 0 Å². The molecule has 0 aliphatic heterocycles. The summed E-state index contributed by atoms with van der Waals surface area (Å²) in [6, 6.07) is 9.00. The summed E-state index contributed by atoms with van der Waals surface area (Å²) < 4.78 is 0. The minimum Gasteiger partial charge on any atom is -0.321 e. The molecule has 94 valence electrons. The zero-order valence-corrected chi connectivity index (χ0v) is 10.8. The van der Waals surface area contributed by atoms with Gasteiger partial charge in [-0.25, -0.2) is 0 Å². The third kappa shape index (κ3) is 2.27. The highest BCUT2D eigenvalue weighted by Crippen LogP contribution is 2.19. The van der Waals surface area contributed by atoms with Crippen molar-refractivity contribution in [3.63, 3.8) is 0 Å². The predicted molar refractivity (Wildman–Crippen MR) is 73.5 cm³/mol. The highest BCUT2D eigenvalue weighted by atomic mass is 16.1. The lowest BCUT2D eigenvalue weighted by Gasteiger charge is -2.17. The van der Waals surface area contributed by atoms with Crippen molar-refractivity contribution in [1.29, 1.82) is 0 Å². The monoisotopic (exact) mass is 242 g/mol. The van der Waals surface area contributed by atoms with Gasteiger partial charge in [0.15, 0.2) is 5.78 Å². The highest BCUT2D eigenvalue weighted by molar-refractivity contribution is 6.09. The highest BCUT2D eigenvalue weighted by Gasteiger charge is 2.22. The molecule has 0 bridgehead atoms. The first-order valence-electron chi connectivity index (χ1n) is 6.28. The van der Waals surface area contributed by atoms with Crippen LogP contribution >= 0.6 is 0 Å². The van der Waals surface area contributed by atoms with Crippen molar-refractivity contribution >= 4 is 16.7 Å². The number of pyridine rings is 1. The van der Waals surface area contributed by atoms with E-state index in [-0.39, 0.29) is 11.7 Å². The molecular weight excluding hydrogens is 224 g/mol. The van der Waals surface area contributed by atoms with Gasteiger partial charge < -0.3 is 5.73 Å². The summed E-state index contributed by atoms with van der Waals surface area (Å²) in [7, 11) is 0. The minimum atomic E-state index is -0.456. The molecule has 0 aliphatic carbocycles. The molecule has 2 N–H and O–H groups in total. The Balaban J connectivity index is 2.45. The topological polar surface area (TPSA) is 56.0 Å². The molecule has 0 saturated carbocycles. The molecule has 2 atom stereocenters. The van der Waals surface area contributed by atoms with E-state index in [1.807, 2.05) is 38.1 Å². The average Bonchev–Trinajstić information content (AvgIpc) is 2.44. The molecule has 1 aromatic heterocycles. The maximum Gasteiger partial charge on any atom is 0.181 e. The van der Waals surface area contributed by atoms with Crippen molar-refractivity contribution in [2.24, 2.45) is 11.7 Å². The van der Waals surface area contributed by atoms with Crippen molar-refractivity contribution in [1.82, 2.24) is 4.98 Å². The van der Waals surface area contributed by atoms with E-state index in [4.69, 9.17) is 5.73 Å². The zero-order chi connectivity index (χ0) is 13.1. The van der Waals surface area contributed by atoms with E-state index in [1.54, 1.807) is 12.3 Å². The zero-order valence-electron chi connectivity index (χ0n) is 10.8. The van der Waals surface area contributed by atoms with Gasteiger partial charge in [-0.05, 0) is 18.1 Å². The third-order valence-corrected chi connectivity index (χ3v) is 3.46. The van der Waals surface area contributed by atoms with Gasteiger partial charge in [-0.1, -0.05) is 38.5 Å². The van der Waals surface area contributed by atoms with Crippen molar-refractivity contribution in [2.45, 2.75) is 26.3 Å². The number of carbonyl (C=O) groups excluding carboxylic acids is 1. The van der Waals surface area contributed by atoms with E-state index >= 15 is 0 Å². The van der Waals surface area contributed by atoms with Gasteiger partial charge in [0.2, 0.25) is 0 Å². The van der Waals surface area contributed by atoms with E-state index in [9.17, 15) is 4.79 Å². The number of carbonyl (C=O) groups is 1. The summed E-state index contributed by atoms with van der Waals surface area (Å²) in [6.07, 6.45) is 2.60. The normalized spacial score (nSPS) is 14.4. The summed E-state index contributed by atoms with van der Waals surface area (Å²) in [5, 5.41) is 0.972. The Hall–Kier alpha value is -1.74. The molecule has 1 heterocycles. The Kier molecular flexibility index (Phi) is 3.72. The molecule has 0 radical (unpaired) electrons. The smallest absolute Gasteiger partial charge is 0.181 e. The quantitative estimate of drug-likeness (QED) is 0.839. The molecule has 18 heavy (non-hydrogen) atoms. The minimum absolute atomic E-state index is 0.0198. The summed E-state index contributed by atoms with van der Waals surface area (Å²) in [6.45, 7) is 4.04. The number of hydrogen-bond donors (Lipinski definition) is 1. The first-order valence-corrected chi connectivity index (χ1v) is 6.28. The standard InChI is InChI=1S/C15H18N2O/c1-3-10(2)13(16)15(18)12-8-4-6-11-7-5-9-17-14(11)12/h4-10,13H,3,16H2,1-2H3. The van der Waals surface area contributed by atoms with Gasteiger partial charge in [0.25, 0.3) is 0 Å². The fourth-order valence-corrected chi connectivity index (χ4v) is 1.99. The van der Waals surface area contributed by atoms with E-state index in [0.717, 1.165) is 17.3 Å². The van der Waals surface area contributed by atoms with Gasteiger partial charge in [0, 0.05) is 17.1 Å². The number of benzene rings is 1. The number of Topliss-reactive ketones (excluding diaryl/α,β-unsaturated/α-hetero) is 1. The van der Waals surface area contributed by atoms with Crippen LogP contribution < -0.4 is 5.73 Å². The summed E-state index contributed by atoms with van der Waals surface area (Å²) >= 11 is 0. The number of nitrogens with two attached hydrogens (primary N) is 1. The fraction of sp³-hybridized carbons (Fsp3) is 0.333. The first kappa shape index (κ1) is 12.7. The van der Waals surface area contributed by atoms with Crippen LogP contribution in [-0.4, -0.2) is 16.8 Å². The Morgan fingerprint density at radius 3 is 2.78 bits per heavy atom. The second-order valence-corrected chi connectivity index (χ2v) is 4.66. The number of hydrogen-bond acceptors (Lipinski definition) is 3. The lowest BCUT2D eigenvalue weighted by atomic mass is 9.91. The van der Waals surface area contributed by atoms with Crippen LogP contribution in [0.15, 0.2) is 36.5 Å². The molecule has 2 unspecified atom stereocenters. The van der Waals surface area contributed by atoms with E-state index in [2.05, 4.69) is 4.98 Å². The predicted octanol–water partition coefficient (Wildman–Crippen LogP) is 2.79. The number of para-hydroxylation sites is 1. The molecule has 0 amide bonds. The fourth-order valence-electron chi connectivity index (χ4n) is 1.99. The molecule has 2 aromatic rings. The first-order chi connectivity index (χ1) is 8.65. The van der Waals surface area contributed by atoms with Crippen LogP contribution in [0.1, 0.15) is 30.6 Å². The van der Waals surface area contributed by atoms with Crippen molar-refractivity contribution in [3.8, 4) is 0 Å². The van der Waals surface area contributed by atoms with Crippen LogP contribution in [0.5, 0.6) is 0 Å². The lowest BCUT2D eigenvalue weighted by Crippen LogP contribution is -2.36. The maximum absolute atomic E-state index is 12.4. The molecule has 0 saturated heterocycles. The summed E-state index contributed by atoms with van der Waals surface area (Å²) in [4.78, 5) is 16.7. The van der Waals surface area contributed by atoms with Gasteiger partial charge in [-0.15, -0.1) is 0 Å². The number of nitrogens with zero attached hydrogens (tertiary/aromatic N) is 1. The second-order valence-electron chi connectivity index (χ2n) is 4.66. The van der Waals surface area contributed by atoms with Crippen molar-refractivity contribution in [2.75, 3.05) is 0 Å². The van der Waals surface area contributed by atoms with Crippen molar-refractivity contribution in [3.05, 3.63) is 42.1 Å². The number of aromatic nitrogens is 1. The Labute approximate surface area is 107 Å². The molecule has 0 aliphatic rings. The molecule has 2 rings (SSSR count). The van der Waals surface area contributed by atoms with Crippen LogP contribution in [0.4, 0.5) is 0 Å². The van der Waals surface area contributed by atoms with Crippen LogP contribution in [-0.2, 0) is 0 Å². The number of ketones is 1. The Morgan fingerprint density at radius 2 is 2.06 bits per heavy atom. The van der Waals surface area contributed by atoms with Gasteiger partial charge >= 0.3 is 0 Å². The van der Waals surface area contributed by atoms with Crippen LogP contribution in [0, 0.1) is 5.92 Å². The number of fused-ring (bicyclic) bond motifs is 1. The Morgan fingerprint density at radius 1 is 1.33 bits per heavy atom. The van der Waals surface area contributed by atoms with Crippen LogP contribution in [0.3, 0.4) is 0 Å². The SMILES string of the molecule is CCC(C)C(N)C(=O)c1cccc2cccnc12. The summed E-state index contributed by atoms with van der Waals surface area (Å²) in [5.41, 5.74) is 7.38. The maximum atomic E-state index is 12.4. The average molecular weight is 242 g/mol. The molecule has 0 fully saturated rings.